The summed E-state index contributed by atoms with van der Waals surface area (Å²) >= 11 is 0. The highest BCUT2D eigenvalue weighted by Gasteiger charge is 2.11. The average Bonchev–Trinajstić information content (AvgIpc) is 2.91. The fourth-order valence-electron chi connectivity index (χ4n) is 2.33. The fraction of sp³-hybridized carbons (Fsp3) is 0.353. The van der Waals surface area contributed by atoms with Crippen molar-refractivity contribution >= 4 is 12.1 Å². The molecule has 25 heavy (non-hydrogen) atoms. The van der Waals surface area contributed by atoms with E-state index in [4.69, 9.17) is 14.2 Å². The van der Waals surface area contributed by atoms with Gasteiger partial charge in [-0.25, -0.2) is 5.43 Å². The molecule has 134 valence electrons. The molecule has 1 amide bonds. The SMILES string of the molecule is COc1cc(OC)c(OC)cc1/C=N\NC(=O)Cn1nc(C)cc1C. The fourth-order valence-corrected chi connectivity index (χ4v) is 2.33. The Balaban J connectivity index is 2.08. The maximum absolute atomic E-state index is 12.0. The Kier molecular flexibility index (Phi) is 5.99. The Morgan fingerprint density at radius 2 is 1.76 bits per heavy atom. The molecule has 0 atom stereocenters. The van der Waals surface area contributed by atoms with E-state index in [0.29, 0.717) is 22.8 Å². The van der Waals surface area contributed by atoms with Crippen LogP contribution in [0.4, 0.5) is 0 Å². The van der Waals surface area contributed by atoms with E-state index < -0.39 is 0 Å². The minimum Gasteiger partial charge on any atom is -0.496 e. The normalized spacial score (nSPS) is 10.8. The van der Waals surface area contributed by atoms with E-state index in [0.717, 1.165) is 11.4 Å². The monoisotopic (exact) mass is 346 g/mol. The number of aromatic nitrogens is 2. The lowest BCUT2D eigenvalue weighted by Gasteiger charge is -2.11. The molecule has 0 unspecified atom stereocenters. The van der Waals surface area contributed by atoms with Gasteiger partial charge in [0.2, 0.25) is 0 Å². The van der Waals surface area contributed by atoms with Gasteiger partial charge in [0.05, 0.1) is 33.2 Å². The molecule has 0 spiro atoms. The number of hydrogen-bond acceptors (Lipinski definition) is 6. The predicted octanol–water partition coefficient (Wildman–Crippen LogP) is 1.68. The van der Waals surface area contributed by atoms with E-state index in [1.165, 1.54) is 6.21 Å². The molecule has 2 rings (SSSR count). The van der Waals surface area contributed by atoms with Gasteiger partial charge in [-0.3, -0.25) is 9.48 Å². The summed E-state index contributed by atoms with van der Waals surface area (Å²) in [6.07, 6.45) is 1.49. The third-order valence-corrected chi connectivity index (χ3v) is 3.53. The number of ether oxygens (including phenoxy) is 3. The van der Waals surface area contributed by atoms with Crippen molar-refractivity contribution in [2.45, 2.75) is 20.4 Å². The van der Waals surface area contributed by atoms with Gasteiger partial charge in [-0.2, -0.15) is 10.2 Å². The highest BCUT2D eigenvalue weighted by Crippen LogP contribution is 2.33. The minimum absolute atomic E-state index is 0.0973. The van der Waals surface area contributed by atoms with Crippen LogP contribution in [0.5, 0.6) is 17.2 Å². The molecule has 8 heteroatoms. The summed E-state index contributed by atoms with van der Waals surface area (Å²) in [6.45, 7) is 3.87. The zero-order valence-corrected chi connectivity index (χ0v) is 15.0. The predicted molar refractivity (Wildman–Crippen MR) is 93.5 cm³/mol. The third kappa shape index (κ3) is 4.50. The molecule has 0 bridgehead atoms. The standard InChI is InChI=1S/C17H22N4O4/c1-11-6-12(2)21(20-11)10-17(22)19-18-9-13-7-15(24-4)16(25-5)8-14(13)23-3/h6-9H,10H2,1-5H3,(H,19,22)/b18-9-. The van der Waals surface area contributed by atoms with Crippen LogP contribution in [0.15, 0.2) is 23.3 Å². The molecule has 0 fully saturated rings. The second-order valence-corrected chi connectivity index (χ2v) is 5.33. The van der Waals surface area contributed by atoms with Gasteiger partial charge >= 0.3 is 0 Å². The van der Waals surface area contributed by atoms with Crippen LogP contribution in [0.25, 0.3) is 0 Å². The van der Waals surface area contributed by atoms with Crippen molar-refractivity contribution in [2.24, 2.45) is 5.10 Å². The lowest BCUT2D eigenvalue weighted by atomic mass is 10.2. The van der Waals surface area contributed by atoms with Crippen molar-refractivity contribution < 1.29 is 19.0 Å². The Morgan fingerprint density at radius 3 is 2.32 bits per heavy atom. The van der Waals surface area contributed by atoms with Crippen molar-refractivity contribution in [3.05, 3.63) is 35.2 Å². The molecule has 0 saturated heterocycles. The van der Waals surface area contributed by atoms with E-state index in [2.05, 4.69) is 15.6 Å². The second-order valence-electron chi connectivity index (χ2n) is 5.33. The Bertz CT molecular complexity index is 783. The molecule has 0 aliphatic rings. The zero-order valence-electron chi connectivity index (χ0n) is 15.0. The highest BCUT2D eigenvalue weighted by atomic mass is 16.5. The van der Waals surface area contributed by atoms with Gasteiger partial charge < -0.3 is 14.2 Å². The van der Waals surface area contributed by atoms with Gasteiger partial charge in [0.1, 0.15) is 12.3 Å². The topological polar surface area (TPSA) is 87.0 Å². The first-order chi connectivity index (χ1) is 12.0. The van der Waals surface area contributed by atoms with E-state index in [-0.39, 0.29) is 12.5 Å². The summed E-state index contributed by atoms with van der Waals surface area (Å²) < 4.78 is 17.4. The van der Waals surface area contributed by atoms with E-state index in [9.17, 15) is 4.79 Å². The smallest absolute Gasteiger partial charge is 0.261 e. The van der Waals surface area contributed by atoms with Crippen molar-refractivity contribution in [1.29, 1.82) is 0 Å². The molecule has 1 aromatic carbocycles. The maximum Gasteiger partial charge on any atom is 0.261 e. The molecule has 0 aliphatic heterocycles. The molecule has 0 aliphatic carbocycles. The number of benzene rings is 1. The molecule has 1 heterocycles. The maximum atomic E-state index is 12.0. The first-order valence-corrected chi connectivity index (χ1v) is 7.61. The first-order valence-electron chi connectivity index (χ1n) is 7.61. The molecular formula is C17H22N4O4. The van der Waals surface area contributed by atoms with E-state index in [1.807, 2.05) is 19.9 Å². The van der Waals surface area contributed by atoms with Gasteiger partial charge in [0.25, 0.3) is 5.91 Å². The number of carbonyl (C=O) groups excluding carboxylic acids is 1. The van der Waals surface area contributed by atoms with Crippen LogP contribution < -0.4 is 19.6 Å². The zero-order chi connectivity index (χ0) is 18.4. The first kappa shape index (κ1) is 18.3. The summed E-state index contributed by atoms with van der Waals surface area (Å²) in [5.74, 6) is 1.36. The van der Waals surface area contributed by atoms with Crippen molar-refractivity contribution in [2.75, 3.05) is 21.3 Å². The number of rotatable bonds is 7. The van der Waals surface area contributed by atoms with Gasteiger partial charge in [-0.1, -0.05) is 0 Å². The summed E-state index contributed by atoms with van der Waals surface area (Å²) in [5, 5.41) is 8.21. The summed E-state index contributed by atoms with van der Waals surface area (Å²) in [7, 11) is 4.63. The van der Waals surface area contributed by atoms with Crippen LogP contribution in [0.2, 0.25) is 0 Å². The van der Waals surface area contributed by atoms with Gasteiger partial charge in [0.15, 0.2) is 11.5 Å². The Morgan fingerprint density at radius 1 is 1.12 bits per heavy atom. The molecule has 0 radical (unpaired) electrons. The molecule has 1 N–H and O–H groups in total. The summed E-state index contributed by atoms with van der Waals surface area (Å²) in [5.41, 5.74) is 4.90. The minimum atomic E-state index is -0.276. The molecule has 0 saturated carbocycles. The third-order valence-electron chi connectivity index (χ3n) is 3.53. The van der Waals surface area contributed by atoms with Gasteiger partial charge in [-0.05, 0) is 26.0 Å². The Labute approximate surface area is 146 Å². The molecule has 2 aromatic rings. The number of carbonyl (C=O) groups is 1. The van der Waals surface area contributed by atoms with Crippen LogP contribution in [0.1, 0.15) is 17.0 Å². The second kappa shape index (κ2) is 8.18. The quantitative estimate of drug-likeness (QED) is 0.609. The number of nitrogens with zero attached hydrogens (tertiary/aromatic N) is 3. The van der Waals surface area contributed by atoms with E-state index >= 15 is 0 Å². The van der Waals surface area contributed by atoms with Crippen LogP contribution >= 0.6 is 0 Å². The van der Waals surface area contributed by atoms with Crippen molar-refractivity contribution in [1.82, 2.24) is 15.2 Å². The number of nitrogens with one attached hydrogen (secondary N) is 1. The van der Waals surface area contributed by atoms with Crippen LogP contribution in [-0.2, 0) is 11.3 Å². The number of hydrogen-bond donors (Lipinski definition) is 1. The number of aryl methyl sites for hydroxylation is 2. The lowest BCUT2D eigenvalue weighted by Crippen LogP contribution is -2.24. The van der Waals surface area contributed by atoms with Crippen LogP contribution in [0.3, 0.4) is 0 Å². The van der Waals surface area contributed by atoms with Gasteiger partial charge in [-0.15, -0.1) is 0 Å². The summed E-state index contributed by atoms with van der Waals surface area (Å²) in [4.78, 5) is 12.0. The van der Waals surface area contributed by atoms with Gasteiger partial charge in [0, 0.05) is 17.3 Å². The molecular weight excluding hydrogens is 324 g/mol. The Hall–Kier alpha value is -3.03. The number of amides is 1. The summed E-state index contributed by atoms with van der Waals surface area (Å²) in [6, 6.07) is 5.32. The lowest BCUT2D eigenvalue weighted by molar-refractivity contribution is -0.121. The number of hydrazone groups is 1. The number of methoxy groups -OCH3 is 3. The van der Waals surface area contributed by atoms with Crippen LogP contribution in [0, 0.1) is 13.8 Å². The molecule has 1 aromatic heterocycles. The highest BCUT2D eigenvalue weighted by molar-refractivity contribution is 5.86. The largest absolute Gasteiger partial charge is 0.496 e. The van der Waals surface area contributed by atoms with Crippen molar-refractivity contribution in [3.8, 4) is 17.2 Å². The molecule has 8 nitrogen and oxygen atoms in total. The van der Waals surface area contributed by atoms with Crippen LogP contribution in [-0.4, -0.2) is 43.2 Å². The van der Waals surface area contributed by atoms with E-state index in [1.54, 1.807) is 38.1 Å². The van der Waals surface area contributed by atoms with Crippen molar-refractivity contribution in [3.63, 3.8) is 0 Å². The average molecular weight is 346 g/mol.